The fourth-order valence-corrected chi connectivity index (χ4v) is 4.62. The van der Waals surface area contributed by atoms with Crippen LogP contribution < -0.4 is 24.8 Å². The molecule has 2 amide bonds. The minimum atomic E-state index is -0.801. The number of ether oxygens (including phenoxy) is 4. The monoisotopic (exact) mass is 481 g/mol. The van der Waals surface area contributed by atoms with Gasteiger partial charge in [0.15, 0.2) is 11.5 Å². The van der Waals surface area contributed by atoms with Gasteiger partial charge in [0.1, 0.15) is 5.75 Å². The number of amides is 2. The van der Waals surface area contributed by atoms with Crippen molar-refractivity contribution >= 4 is 12.0 Å². The molecule has 0 aromatic heterocycles. The van der Waals surface area contributed by atoms with E-state index in [9.17, 15) is 9.59 Å². The van der Waals surface area contributed by atoms with Gasteiger partial charge in [0.05, 0.1) is 39.6 Å². The molecule has 0 saturated heterocycles. The van der Waals surface area contributed by atoms with Crippen molar-refractivity contribution in [2.24, 2.45) is 0 Å². The fourth-order valence-electron chi connectivity index (χ4n) is 4.62. The first-order valence-corrected chi connectivity index (χ1v) is 11.6. The van der Waals surface area contributed by atoms with Crippen LogP contribution in [0.1, 0.15) is 29.7 Å². The van der Waals surface area contributed by atoms with Crippen LogP contribution >= 0.6 is 0 Å². The second-order valence-electron chi connectivity index (χ2n) is 8.32. The summed E-state index contributed by atoms with van der Waals surface area (Å²) < 4.78 is 21.9. The lowest BCUT2D eigenvalue weighted by Crippen LogP contribution is -2.49. The molecule has 2 heterocycles. The molecule has 1 atom stereocenters. The number of urea groups is 1. The van der Waals surface area contributed by atoms with E-state index < -0.39 is 18.0 Å². The van der Waals surface area contributed by atoms with Crippen molar-refractivity contribution < 1.29 is 28.5 Å². The quantitative estimate of drug-likeness (QED) is 0.560. The van der Waals surface area contributed by atoms with Crippen molar-refractivity contribution in [1.82, 2.24) is 15.5 Å². The summed E-state index contributed by atoms with van der Waals surface area (Å²) in [5, 5.41) is 5.72. The maximum absolute atomic E-state index is 13.2. The van der Waals surface area contributed by atoms with Crippen LogP contribution in [0.5, 0.6) is 17.2 Å². The standard InChI is InChI=1S/C26H31N3O6/c1-5-35-25(30)23-19(15-29-11-10-16-8-6-7-9-17(16)14-29)27-26(31)28-24(23)18-12-21(33-3)22(34-4)13-20(18)32-2/h6-9,12-13,24H,5,10-11,14-15H2,1-4H3,(H2,27,28,31)/t24-/m0/s1. The Labute approximate surface area is 205 Å². The highest BCUT2D eigenvalue weighted by molar-refractivity contribution is 5.95. The van der Waals surface area contributed by atoms with Crippen LogP contribution in [0.3, 0.4) is 0 Å². The van der Waals surface area contributed by atoms with E-state index >= 15 is 0 Å². The third-order valence-corrected chi connectivity index (χ3v) is 6.29. The van der Waals surface area contributed by atoms with Crippen molar-refractivity contribution in [2.45, 2.75) is 25.9 Å². The predicted octanol–water partition coefficient (Wildman–Crippen LogP) is 2.94. The van der Waals surface area contributed by atoms with Gasteiger partial charge in [-0.2, -0.15) is 0 Å². The minimum Gasteiger partial charge on any atom is -0.496 e. The normalized spacial score (nSPS) is 17.7. The van der Waals surface area contributed by atoms with Gasteiger partial charge in [0, 0.05) is 37.0 Å². The summed E-state index contributed by atoms with van der Waals surface area (Å²) in [7, 11) is 4.58. The number of carbonyl (C=O) groups is 2. The molecule has 9 nitrogen and oxygen atoms in total. The molecule has 9 heteroatoms. The van der Waals surface area contributed by atoms with E-state index in [0.717, 1.165) is 19.5 Å². The number of nitrogens with one attached hydrogen (secondary N) is 2. The number of hydrogen-bond donors (Lipinski definition) is 2. The summed E-state index contributed by atoms with van der Waals surface area (Å²) in [5.41, 5.74) is 3.97. The van der Waals surface area contributed by atoms with Crippen LogP contribution in [0.25, 0.3) is 0 Å². The van der Waals surface area contributed by atoms with Crippen molar-refractivity contribution in [3.8, 4) is 17.2 Å². The number of esters is 1. The van der Waals surface area contributed by atoms with E-state index in [1.54, 1.807) is 19.1 Å². The zero-order chi connectivity index (χ0) is 24.9. The molecule has 186 valence electrons. The molecule has 0 unspecified atom stereocenters. The van der Waals surface area contributed by atoms with Crippen LogP contribution in [-0.2, 0) is 22.5 Å². The van der Waals surface area contributed by atoms with E-state index in [1.807, 2.05) is 12.1 Å². The van der Waals surface area contributed by atoms with Gasteiger partial charge in [0.25, 0.3) is 0 Å². The minimum absolute atomic E-state index is 0.205. The Kier molecular flexibility index (Phi) is 7.45. The highest BCUT2D eigenvalue weighted by Crippen LogP contribution is 2.41. The van der Waals surface area contributed by atoms with Gasteiger partial charge in [-0.25, -0.2) is 9.59 Å². The number of rotatable bonds is 8. The molecular formula is C26H31N3O6. The van der Waals surface area contributed by atoms with Crippen molar-refractivity contribution in [1.29, 1.82) is 0 Å². The number of nitrogens with zero attached hydrogens (tertiary/aromatic N) is 1. The largest absolute Gasteiger partial charge is 0.496 e. The molecule has 35 heavy (non-hydrogen) atoms. The summed E-state index contributed by atoms with van der Waals surface area (Å²) in [6.07, 6.45) is 0.900. The van der Waals surface area contributed by atoms with Crippen molar-refractivity contribution in [2.75, 3.05) is 41.0 Å². The Morgan fingerprint density at radius 1 is 1.03 bits per heavy atom. The van der Waals surface area contributed by atoms with Gasteiger partial charge in [-0.1, -0.05) is 24.3 Å². The van der Waals surface area contributed by atoms with E-state index in [1.165, 1.54) is 32.5 Å². The molecule has 0 radical (unpaired) electrons. The zero-order valence-corrected chi connectivity index (χ0v) is 20.5. The molecule has 0 aliphatic carbocycles. The molecule has 2 N–H and O–H groups in total. The van der Waals surface area contributed by atoms with Crippen LogP contribution in [0.4, 0.5) is 4.79 Å². The predicted molar refractivity (Wildman–Crippen MR) is 130 cm³/mol. The molecule has 0 spiro atoms. The smallest absolute Gasteiger partial charge is 0.338 e. The van der Waals surface area contributed by atoms with Crippen LogP contribution in [0, 0.1) is 0 Å². The first-order valence-electron chi connectivity index (χ1n) is 11.6. The van der Waals surface area contributed by atoms with Gasteiger partial charge in [-0.3, -0.25) is 4.90 Å². The summed E-state index contributed by atoms with van der Waals surface area (Å²) in [5.74, 6) is 0.868. The molecule has 2 aliphatic rings. The second kappa shape index (κ2) is 10.7. The topological polar surface area (TPSA) is 98.4 Å². The van der Waals surface area contributed by atoms with Gasteiger partial charge >= 0.3 is 12.0 Å². The molecule has 2 aliphatic heterocycles. The van der Waals surface area contributed by atoms with E-state index in [4.69, 9.17) is 18.9 Å². The molecule has 0 saturated carbocycles. The van der Waals surface area contributed by atoms with Crippen molar-refractivity contribution in [3.63, 3.8) is 0 Å². The number of benzene rings is 2. The Morgan fingerprint density at radius 2 is 1.71 bits per heavy atom. The molecule has 4 rings (SSSR count). The van der Waals surface area contributed by atoms with Gasteiger partial charge in [-0.05, 0) is 30.5 Å². The highest BCUT2D eigenvalue weighted by Gasteiger charge is 2.36. The second-order valence-corrected chi connectivity index (χ2v) is 8.32. The summed E-state index contributed by atoms with van der Waals surface area (Å²) in [6.45, 7) is 3.88. The molecule has 2 aromatic rings. The lowest BCUT2D eigenvalue weighted by molar-refractivity contribution is -0.139. The first kappa shape index (κ1) is 24.4. The zero-order valence-electron chi connectivity index (χ0n) is 20.5. The van der Waals surface area contributed by atoms with E-state index in [-0.39, 0.29) is 6.61 Å². The van der Waals surface area contributed by atoms with Crippen LogP contribution in [0.15, 0.2) is 47.7 Å². The number of fused-ring (bicyclic) bond motifs is 1. The highest BCUT2D eigenvalue weighted by atomic mass is 16.5. The van der Waals surface area contributed by atoms with E-state index in [0.29, 0.717) is 40.6 Å². The third-order valence-electron chi connectivity index (χ3n) is 6.29. The van der Waals surface area contributed by atoms with Crippen LogP contribution in [0.2, 0.25) is 0 Å². The molecule has 0 fully saturated rings. The van der Waals surface area contributed by atoms with Gasteiger partial charge < -0.3 is 29.6 Å². The summed E-state index contributed by atoms with van der Waals surface area (Å²) >= 11 is 0. The Morgan fingerprint density at radius 3 is 2.40 bits per heavy atom. The van der Waals surface area contributed by atoms with Crippen LogP contribution in [-0.4, -0.2) is 57.9 Å². The van der Waals surface area contributed by atoms with Crippen molar-refractivity contribution in [3.05, 3.63) is 64.4 Å². The lowest BCUT2D eigenvalue weighted by atomic mass is 9.93. The summed E-state index contributed by atoms with van der Waals surface area (Å²) in [4.78, 5) is 28.2. The fraction of sp³-hybridized carbons (Fsp3) is 0.385. The number of methoxy groups -OCH3 is 3. The maximum atomic E-state index is 13.2. The van der Waals surface area contributed by atoms with Gasteiger partial charge in [0.2, 0.25) is 0 Å². The number of hydrogen-bond acceptors (Lipinski definition) is 7. The molecule has 2 aromatic carbocycles. The average Bonchev–Trinajstić information content (AvgIpc) is 2.87. The van der Waals surface area contributed by atoms with E-state index in [2.05, 4.69) is 27.7 Å². The lowest BCUT2D eigenvalue weighted by Gasteiger charge is -2.34. The molecule has 0 bridgehead atoms. The maximum Gasteiger partial charge on any atom is 0.338 e. The summed E-state index contributed by atoms with van der Waals surface area (Å²) in [6, 6.07) is 10.5. The number of carbonyl (C=O) groups excluding carboxylic acids is 2. The third kappa shape index (κ3) is 5.05. The average molecular weight is 482 g/mol. The van der Waals surface area contributed by atoms with Gasteiger partial charge in [-0.15, -0.1) is 0 Å². The Balaban J connectivity index is 1.76. The Bertz CT molecular complexity index is 1150. The first-order chi connectivity index (χ1) is 17.0. The SMILES string of the molecule is CCOC(=O)C1=C(CN2CCc3ccccc3C2)NC(=O)N[C@H]1c1cc(OC)c(OC)cc1OC. The Hall–Kier alpha value is -3.72. The molecular weight excluding hydrogens is 450 g/mol.